The molecule has 0 spiro atoms. The first kappa shape index (κ1) is 19.7. The van der Waals surface area contributed by atoms with Crippen molar-refractivity contribution in [3.8, 4) is 0 Å². The summed E-state index contributed by atoms with van der Waals surface area (Å²) in [5.74, 6) is 0.131. The molecular formula is C24H22N2O4. The van der Waals surface area contributed by atoms with Crippen molar-refractivity contribution < 1.29 is 18.7 Å². The maximum Gasteiger partial charge on any atom is 0.256 e. The normalized spacial score (nSPS) is 14.4. The highest BCUT2D eigenvalue weighted by Gasteiger charge is 2.22. The van der Waals surface area contributed by atoms with Crippen molar-refractivity contribution in [2.24, 2.45) is 0 Å². The predicted molar refractivity (Wildman–Crippen MR) is 115 cm³/mol. The Hall–Kier alpha value is -3.64. The third-order valence-electron chi connectivity index (χ3n) is 4.86. The van der Waals surface area contributed by atoms with Crippen molar-refractivity contribution in [3.05, 3.63) is 89.9 Å². The number of anilines is 1. The van der Waals surface area contributed by atoms with Crippen molar-refractivity contribution in [1.29, 1.82) is 0 Å². The van der Waals surface area contributed by atoms with Gasteiger partial charge in [-0.2, -0.15) is 0 Å². The van der Waals surface area contributed by atoms with Gasteiger partial charge in [-0.05, 0) is 35.9 Å². The number of benzene rings is 2. The molecule has 152 valence electrons. The van der Waals surface area contributed by atoms with Gasteiger partial charge in [-0.25, -0.2) is 0 Å². The number of furan rings is 1. The molecular weight excluding hydrogens is 380 g/mol. The number of morpholine rings is 1. The quantitative estimate of drug-likeness (QED) is 0.657. The summed E-state index contributed by atoms with van der Waals surface area (Å²) in [6.45, 7) is 2.11. The number of carbonyl (C=O) groups is 2. The molecule has 1 N–H and O–H groups in total. The van der Waals surface area contributed by atoms with Crippen LogP contribution in [-0.2, 0) is 9.53 Å². The second-order valence-corrected chi connectivity index (χ2v) is 6.84. The molecule has 6 nitrogen and oxygen atoms in total. The number of carbonyl (C=O) groups excluding carboxylic acids is 2. The topological polar surface area (TPSA) is 71.8 Å². The van der Waals surface area contributed by atoms with E-state index in [0.29, 0.717) is 48.9 Å². The summed E-state index contributed by atoms with van der Waals surface area (Å²) in [4.78, 5) is 28.0. The first-order valence-electron chi connectivity index (χ1n) is 9.80. The van der Waals surface area contributed by atoms with Gasteiger partial charge in [-0.3, -0.25) is 9.59 Å². The van der Waals surface area contributed by atoms with Gasteiger partial charge >= 0.3 is 0 Å². The van der Waals surface area contributed by atoms with Crippen LogP contribution in [0.15, 0.2) is 77.4 Å². The van der Waals surface area contributed by atoms with Crippen molar-refractivity contribution >= 4 is 29.2 Å². The minimum absolute atomic E-state index is 0.120. The third kappa shape index (κ3) is 4.50. The minimum Gasteiger partial charge on any atom is -0.465 e. The van der Waals surface area contributed by atoms with E-state index in [1.165, 1.54) is 0 Å². The van der Waals surface area contributed by atoms with Gasteiger partial charge < -0.3 is 19.4 Å². The van der Waals surface area contributed by atoms with E-state index in [1.54, 1.807) is 53.6 Å². The Morgan fingerprint density at radius 1 is 0.900 bits per heavy atom. The fourth-order valence-electron chi connectivity index (χ4n) is 3.32. The molecule has 4 rings (SSSR count). The Morgan fingerprint density at radius 3 is 2.37 bits per heavy atom. The van der Waals surface area contributed by atoms with Crippen molar-refractivity contribution in [3.63, 3.8) is 0 Å². The zero-order chi connectivity index (χ0) is 20.8. The third-order valence-corrected chi connectivity index (χ3v) is 4.86. The molecule has 1 aliphatic rings. The van der Waals surface area contributed by atoms with Crippen LogP contribution in [0.5, 0.6) is 0 Å². The van der Waals surface area contributed by atoms with Crippen molar-refractivity contribution in [2.75, 3.05) is 31.6 Å². The van der Waals surface area contributed by atoms with E-state index in [2.05, 4.69) is 5.32 Å². The summed E-state index contributed by atoms with van der Waals surface area (Å²) in [5.41, 5.74) is 2.13. The minimum atomic E-state index is -0.320. The molecule has 2 aromatic carbocycles. The lowest BCUT2D eigenvalue weighted by Crippen LogP contribution is -2.41. The number of rotatable bonds is 5. The van der Waals surface area contributed by atoms with Gasteiger partial charge in [0.15, 0.2) is 0 Å². The lowest BCUT2D eigenvalue weighted by atomic mass is 10.0. The maximum absolute atomic E-state index is 13.2. The van der Waals surface area contributed by atoms with Crippen molar-refractivity contribution in [2.45, 2.75) is 0 Å². The van der Waals surface area contributed by atoms with Crippen LogP contribution in [0.1, 0.15) is 21.7 Å². The molecule has 2 heterocycles. The van der Waals surface area contributed by atoms with Gasteiger partial charge in [0.2, 0.25) is 0 Å². The van der Waals surface area contributed by atoms with Gasteiger partial charge in [-0.15, -0.1) is 0 Å². The van der Waals surface area contributed by atoms with E-state index in [-0.39, 0.29) is 11.8 Å². The van der Waals surface area contributed by atoms with Gasteiger partial charge in [-0.1, -0.05) is 42.5 Å². The molecule has 0 saturated carbocycles. The summed E-state index contributed by atoms with van der Waals surface area (Å²) >= 11 is 0. The van der Waals surface area contributed by atoms with Crippen LogP contribution in [0.3, 0.4) is 0 Å². The lowest BCUT2D eigenvalue weighted by Gasteiger charge is -2.27. The molecule has 0 bridgehead atoms. The maximum atomic E-state index is 13.2. The highest BCUT2D eigenvalue weighted by Crippen LogP contribution is 2.23. The van der Waals surface area contributed by atoms with Gasteiger partial charge in [0.1, 0.15) is 5.76 Å². The first-order chi connectivity index (χ1) is 14.7. The molecule has 0 radical (unpaired) electrons. The van der Waals surface area contributed by atoms with Crippen LogP contribution in [-0.4, -0.2) is 43.0 Å². The van der Waals surface area contributed by atoms with Gasteiger partial charge in [0.05, 0.1) is 36.3 Å². The summed E-state index contributed by atoms with van der Waals surface area (Å²) < 4.78 is 10.7. The summed E-state index contributed by atoms with van der Waals surface area (Å²) in [5, 5.41) is 2.91. The molecule has 1 saturated heterocycles. The number of ether oxygens (including phenoxy) is 1. The van der Waals surface area contributed by atoms with Crippen LogP contribution < -0.4 is 5.32 Å². The summed E-state index contributed by atoms with van der Waals surface area (Å²) in [7, 11) is 0. The smallest absolute Gasteiger partial charge is 0.256 e. The predicted octanol–water partition coefficient (Wildman–Crippen LogP) is 3.93. The van der Waals surface area contributed by atoms with E-state index < -0.39 is 0 Å². The molecule has 0 unspecified atom stereocenters. The molecule has 0 aliphatic carbocycles. The van der Waals surface area contributed by atoms with E-state index in [4.69, 9.17) is 9.15 Å². The van der Waals surface area contributed by atoms with Gasteiger partial charge in [0.25, 0.3) is 11.8 Å². The summed E-state index contributed by atoms with van der Waals surface area (Å²) in [6.07, 6.45) is 3.25. The molecule has 1 fully saturated rings. The Labute approximate surface area is 174 Å². The average molecular weight is 402 g/mol. The van der Waals surface area contributed by atoms with E-state index >= 15 is 0 Å². The number of hydrogen-bond acceptors (Lipinski definition) is 4. The van der Waals surface area contributed by atoms with Crippen molar-refractivity contribution in [1.82, 2.24) is 4.90 Å². The highest BCUT2D eigenvalue weighted by atomic mass is 16.5. The Balaban J connectivity index is 1.63. The number of nitrogens with one attached hydrogen (secondary N) is 1. The monoisotopic (exact) mass is 402 g/mol. The summed E-state index contributed by atoms with van der Waals surface area (Å²) in [6, 6.07) is 20.0. The van der Waals surface area contributed by atoms with E-state index in [0.717, 1.165) is 5.56 Å². The highest BCUT2D eigenvalue weighted by molar-refractivity contribution is 6.29. The molecule has 3 aromatic rings. The standard InChI is InChI=1S/C24H22N2O4/c27-23(21(17-19-9-6-14-30-19)18-7-2-1-3-8-18)25-22-11-5-4-10-20(22)24(28)26-12-15-29-16-13-26/h1-11,14,17H,12-13,15-16H2,(H,25,27). The van der Waals surface area contributed by atoms with E-state index in [1.807, 2.05) is 30.3 Å². The number of para-hydroxylation sites is 1. The molecule has 0 atom stereocenters. The van der Waals surface area contributed by atoms with Crippen LogP contribution in [0.25, 0.3) is 11.6 Å². The largest absolute Gasteiger partial charge is 0.465 e. The average Bonchev–Trinajstić information content (AvgIpc) is 3.32. The fraction of sp³-hybridized carbons (Fsp3) is 0.167. The van der Waals surface area contributed by atoms with Crippen LogP contribution in [0.4, 0.5) is 5.69 Å². The molecule has 1 aromatic heterocycles. The SMILES string of the molecule is O=C(Nc1ccccc1C(=O)N1CCOCC1)C(=Cc1ccco1)c1ccccc1. The molecule has 2 amide bonds. The zero-order valence-electron chi connectivity index (χ0n) is 16.4. The Kier molecular flexibility index (Phi) is 6.06. The van der Waals surface area contributed by atoms with Gasteiger partial charge in [0, 0.05) is 13.1 Å². The van der Waals surface area contributed by atoms with Crippen LogP contribution in [0, 0.1) is 0 Å². The fourth-order valence-corrected chi connectivity index (χ4v) is 3.32. The number of nitrogens with zero attached hydrogens (tertiary/aromatic N) is 1. The molecule has 30 heavy (non-hydrogen) atoms. The Bertz CT molecular complexity index is 1040. The lowest BCUT2D eigenvalue weighted by molar-refractivity contribution is -0.111. The second-order valence-electron chi connectivity index (χ2n) is 6.84. The number of amides is 2. The van der Waals surface area contributed by atoms with Crippen LogP contribution >= 0.6 is 0 Å². The molecule has 1 aliphatic heterocycles. The number of hydrogen-bond donors (Lipinski definition) is 1. The first-order valence-corrected chi connectivity index (χ1v) is 9.80. The van der Waals surface area contributed by atoms with E-state index in [9.17, 15) is 9.59 Å². The molecule has 6 heteroatoms. The zero-order valence-corrected chi connectivity index (χ0v) is 16.4. The van der Waals surface area contributed by atoms with Crippen LogP contribution in [0.2, 0.25) is 0 Å². The Morgan fingerprint density at radius 2 is 1.63 bits per heavy atom. The second kappa shape index (κ2) is 9.24.